The lowest BCUT2D eigenvalue weighted by molar-refractivity contribution is -0.145. The summed E-state index contributed by atoms with van der Waals surface area (Å²) in [5, 5.41) is 11.4. The van der Waals surface area contributed by atoms with E-state index in [1.807, 2.05) is 13.8 Å². The lowest BCUT2D eigenvalue weighted by Gasteiger charge is -2.31. The Labute approximate surface area is 107 Å². The molecule has 0 unspecified atom stereocenters. The number of carbonyl (C=O) groups is 2. The van der Waals surface area contributed by atoms with Crippen molar-refractivity contribution in [1.29, 1.82) is 0 Å². The maximum Gasteiger partial charge on any atom is 0.329 e. The van der Waals surface area contributed by atoms with Crippen LogP contribution in [0.4, 0.5) is 0 Å². The van der Waals surface area contributed by atoms with Crippen LogP contribution in [0.15, 0.2) is 0 Å². The Morgan fingerprint density at radius 3 is 2.50 bits per heavy atom. The van der Waals surface area contributed by atoms with Crippen LogP contribution in [0.2, 0.25) is 0 Å². The van der Waals surface area contributed by atoms with E-state index >= 15 is 0 Å². The average Bonchev–Trinajstić information content (AvgIpc) is 2.26. The van der Waals surface area contributed by atoms with Gasteiger partial charge in [0.25, 0.3) is 0 Å². The van der Waals surface area contributed by atoms with E-state index in [0.29, 0.717) is 6.54 Å². The molecule has 6 heteroatoms. The van der Waals surface area contributed by atoms with Crippen LogP contribution < -0.4 is 5.32 Å². The Bertz CT molecular complexity index is 286. The molecule has 6 nitrogen and oxygen atoms in total. The molecule has 0 aromatic carbocycles. The zero-order valence-electron chi connectivity index (χ0n) is 11.0. The number of nitrogens with zero attached hydrogens (tertiary/aromatic N) is 1. The zero-order chi connectivity index (χ0) is 13.5. The minimum Gasteiger partial charge on any atom is -0.480 e. The molecule has 0 radical (unpaired) electrons. The highest BCUT2D eigenvalue weighted by Gasteiger charge is 2.21. The zero-order valence-corrected chi connectivity index (χ0v) is 11.0. The van der Waals surface area contributed by atoms with Crippen LogP contribution >= 0.6 is 0 Å². The van der Waals surface area contributed by atoms with Crippen molar-refractivity contribution in [3.05, 3.63) is 0 Å². The topological polar surface area (TPSA) is 78.9 Å². The molecular weight excluding hydrogens is 236 g/mol. The van der Waals surface area contributed by atoms with E-state index in [-0.39, 0.29) is 24.7 Å². The van der Waals surface area contributed by atoms with E-state index in [4.69, 9.17) is 9.84 Å². The molecule has 1 rings (SSSR count). The number of carboxylic acid groups (broad SMARTS) is 1. The largest absolute Gasteiger partial charge is 0.480 e. The van der Waals surface area contributed by atoms with Crippen molar-refractivity contribution in [2.75, 3.05) is 26.2 Å². The quantitative estimate of drug-likeness (QED) is 0.705. The molecule has 1 aliphatic heterocycles. The normalized spacial score (nSPS) is 17.9. The lowest BCUT2D eigenvalue weighted by Crippen LogP contribution is -2.44. The van der Waals surface area contributed by atoms with Crippen molar-refractivity contribution in [2.45, 2.75) is 38.8 Å². The first-order valence-electron chi connectivity index (χ1n) is 6.32. The molecule has 0 bridgehead atoms. The van der Waals surface area contributed by atoms with Crippen molar-refractivity contribution in [3.63, 3.8) is 0 Å². The fourth-order valence-electron chi connectivity index (χ4n) is 1.99. The van der Waals surface area contributed by atoms with Gasteiger partial charge < -0.3 is 15.2 Å². The van der Waals surface area contributed by atoms with Crippen molar-refractivity contribution in [2.24, 2.45) is 0 Å². The summed E-state index contributed by atoms with van der Waals surface area (Å²) in [4.78, 5) is 24.0. The monoisotopic (exact) mass is 258 g/mol. The standard InChI is InChI=1S/C12H22N2O4/c1-9(2)13-11(15)7-14-5-3-10(4-6-14)18-8-12(16)17/h9-10H,3-8H2,1-2H3,(H,13,15)(H,16,17). The summed E-state index contributed by atoms with van der Waals surface area (Å²) in [6.45, 7) is 5.59. The third kappa shape index (κ3) is 5.97. The van der Waals surface area contributed by atoms with Crippen molar-refractivity contribution < 1.29 is 19.4 Å². The van der Waals surface area contributed by atoms with Gasteiger partial charge >= 0.3 is 5.97 Å². The number of piperidine rings is 1. The van der Waals surface area contributed by atoms with Gasteiger partial charge in [-0.2, -0.15) is 0 Å². The molecule has 0 aliphatic carbocycles. The number of aliphatic carboxylic acids is 1. The summed E-state index contributed by atoms with van der Waals surface area (Å²) >= 11 is 0. The highest BCUT2D eigenvalue weighted by Crippen LogP contribution is 2.13. The number of amides is 1. The van der Waals surface area contributed by atoms with Crippen LogP contribution in [0.3, 0.4) is 0 Å². The van der Waals surface area contributed by atoms with Gasteiger partial charge in [-0.1, -0.05) is 0 Å². The third-order valence-corrected chi connectivity index (χ3v) is 2.79. The summed E-state index contributed by atoms with van der Waals surface area (Å²) in [7, 11) is 0. The number of likely N-dealkylation sites (tertiary alicyclic amines) is 1. The van der Waals surface area contributed by atoms with E-state index in [0.717, 1.165) is 25.9 Å². The van der Waals surface area contributed by atoms with Gasteiger partial charge in [0, 0.05) is 19.1 Å². The molecule has 2 N–H and O–H groups in total. The van der Waals surface area contributed by atoms with Gasteiger partial charge in [-0.05, 0) is 26.7 Å². The number of carboxylic acids is 1. The minimum absolute atomic E-state index is 0.00510. The van der Waals surface area contributed by atoms with E-state index < -0.39 is 5.97 Å². The molecule has 1 aliphatic rings. The highest BCUT2D eigenvalue weighted by atomic mass is 16.5. The Morgan fingerprint density at radius 2 is 2.00 bits per heavy atom. The van der Waals surface area contributed by atoms with Crippen LogP contribution in [0.5, 0.6) is 0 Å². The van der Waals surface area contributed by atoms with Crippen molar-refractivity contribution in [1.82, 2.24) is 10.2 Å². The predicted octanol–water partition coefficient (Wildman–Crippen LogP) is 0.0766. The first-order chi connectivity index (χ1) is 8.47. The molecule has 0 spiro atoms. The molecule has 0 aromatic rings. The molecule has 104 valence electrons. The second kappa shape index (κ2) is 7.33. The smallest absolute Gasteiger partial charge is 0.329 e. The van der Waals surface area contributed by atoms with Gasteiger partial charge in [0.2, 0.25) is 5.91 Å². The molecular formula is C12H22N2O4. The van der Waals surface area contributed by atoms with Crippen LogP contribution in [0.1, 0.15) is 26.7 Å². The lowest BCUT2D eigenvalue weighted by atomic mass is 10.1. The first kappa shape index (κ1) is 14.9. The minimum atomic E-state index is -0.936. The van der Waals surface area contributed by atoms with Gasteiger partial charge in [-0.15, -0.1) is 0 Å². The highest BCUT2D eigenvalue weighted by molar-refractivity contribution is 5.78. The average molecular weight is 258 g/mol. The molecule has 0 atom stereocenters. The SMILES string of the molecule is CC(C)NC(=O)CN1CCC(OCC(=O)O)CC1. The van der Waals surface area contributed by atoms with E-state index in [1.54, 1.807) is 0 Å². The van der Waals surface area contributed by atoms with Gasteiger partial charge in [-0.3, -0.25) is 9.69 Å². The number of carbonyl (C=O) groups excluding carboxylic acids is 1. The summed E-state index contributed by atoms with van der Waals surface area (Å²) in [6.07, 6.45) is 1.57. The van der Waals surface area contributed by atoms with Crippen LogP contribution in [0, 0.1) is 0 Å². The van der Waals surface area contributed by atoms with Crippen LogP contribution in [-0.2, 0) is 14.3 Å². The Kier molecular flexibility index (Phi) is 6.07. The molecule has 18 heavy (non-hydrogen) atoms. The van der Waals surface area contributed by atoms with Gasteiger partial charge in [0.1, 0.15) is 6.61 Å². The van der Waals surface area contributed by atoms with Crippen LogP contribution in [-0.4, -0.2) is 60.3 Å². The van der Waals surface area contributed by atoms with Crippen molar-refractivity contribution >= 4 is 11.9 Å². The third-order valence-electron chi connectivity index (χ3n) is 2.79. The molecule has 0 saturated carbocycles. The number of ether oxygens (including phenoxy) is 1. The van der Waals surface area contributed by atoms with E-state index in [2.05, 4.69) is 10.2 Å². The summed E-state index contributed by atoms with van der Waals surface area (Å²) in [6, 6.07) is 0.161. The van der Waals surface area contributed by atoms with Gasteiger partial charge in [-0.25, -0.2) is 4.79 Å². The van der Waals surface area contributed by atoms with Gasteiger partial charge in [0.05, 0.1) is 12.6 Å². The van der Waals surface area contributed by atoms with E-state index in [1.165, 1.54) is 0 Å². The number of nitrogens with one attached hydrogen (secondary N) is 1. The summed E-state index contributed by atoms with van der Waals surface area (Å²) in [5.74, 6) is -0.899. The summed E-state index contributed by atoms with van der Waals surface area (Å²) < 4.78 is 5.24. The maximum absolute atomic E-state index is 11.6. The first-order valence-corrected chi connectivity index (χ1v) is 6.32. The van der Waals surface area contributed by atoms with Crippen LogP contribution in [0.25, 0.3) is 0 Å². The molecule has 0 aromatic heterocycles. The Morgan fingerprint density at radius 1 is 1.39 bits per heavy atom. The fourth-order valence-corrected chi connectivity index (χ4v) is 1.99. The number of rotatable bonds is 6. The molecule has 1 fully saturated rings. The fraction of sp³-hybridized carbons (Fsp3) is 0.833. The second-order valence-corrected chi connectivity index (χ2v) is 4.90. The Hall–Kier alpha value is -1.14. The van der Waals surface area contributed by atoms with Crippen molar-refractivity contribution in [3.8, 4) is 0 Å². The summed E-state index contributed by atoms with van der Waals surface area (Å²) in [5.41, 5.74) is 0. The Balaban J connectivity index is 2.19. The molecule has 1 amide bonds. The van der Waals surface area contributed by atoms with Gasteiger partial charge in [0.15, 0.2) is 0 Å². The predicted molar refractivity (Wildman–Crippen MR) is 66.3 cm³/mol. The molecule has 1 saturated heterocycles. The van der Waals surface area contributed by atoms with E-state index in [9.17, 15) is 9.59 Å². The molecule has 1 heterocycles. The maximum atomic E-state index is 11.6. The number of hydrogen-bond acceptors (Lipinski definition) is 4. The number of hydrogen-bond donors (Lipinski definition) is 2. The second-order valence-electron chi connectivity index (χ2n) is 4.90.